The first-order valence-corrected chi connectivity index (χ1v) is 16.7. The molecule has 0 spiro atoms. The van der Waals surface area contributed by atoms with Gasteiger partial charge in [-0.15, -0.1) is 0 Å². The predicted octanol–water partition coefficient (Wildman–Crippen LogP) is 8.70. The van der Waals surface area contributed by atoms with Gasteiger partial charge in [0.2, 0.25) is 0 Å². The summed E-state index contributed by atoms with van der Waals surface area (Å²) >= 11 is 0. The normalized spacial score (nSPS) is 12.6. The van der Waals surface area contributed by atoms with Gasteiger partial charge in [0.05, 0.1) is 25.2 Å². The average molecular weight is 569 g/mol. The van der Waals surface area contributed by atoms with Crippen molar-refractivity contribution in [3.63, 3.8) is 0 Å². The lowest BCUT2D eigenvalue weighted by Crippen LogP contribution is -2.43. The Morgan fingerprint density at radius 2 is 1.00 bits per heavy atom. The van der Waals surface area contributed by atoms with Gasteiger partial charge in [0.1, 0.15) is 11.9 Å². The molecule has 2 rings (SSSR count). The molecule has 0 aliphatic rings. The fourth-order valence-corrected chi connectivity index (χ4v) is 5.72. The minimum absolute atomic E-state index is 0.364. The number of aryl methyl sites for hydroxylation is 4. The van der Waals surface area contributed by atoms with Crippen LogP contribution < -0.4 is 4.74 Å². The molecular weight excluding hydrogens is 508 g/mol. The summed E-state index contributed by atoms with van der Waals surface area (Å²) in [5.41, 5.74) is 4.83. The molecule has 4 heteroatoms. The van der Waals surface area contributed by atoms with Crippen LogP contribution in [0.25, 0.3) is 0 Å². The molecule has 41 heavy (non-hydrogen) atoms. The minimum Gasteiger partial charge on any atom is -0.485 e. The summed E-state index contributed by atoms with van der Waals surface area (Å²) in [6.07, 6.45) is 17.3. The summed E-state index contributed by atoms with van der Waals surface area (Å²) < 4.78 is 6.89. The molecule has 0 aromatic heterocycles. The first-order valence-electron chi connectivity index (χ1n) is 16.7. The molecule has 0 saturated heterocycles. The number of rotatable bonds is 23. The van der Waals surface area contributed by atoms with E-state index in [1.807, 2.05) is 0 Å². The van der Waals surface area contributed by atoms with Crippen molar-refractivity contribution in [3.8, 4) is 5.75 Å². The van der Waals surface area contributed by atoms with Crippen molar-refractivity contribution in [3.05, 3.63) is 64.2 Å². The largest absolute Gasteiger partial charge is 0.485 e. The van der Waals surface area contributed by atoms with Crippen LogP contribution >= 0.6 is 0 Å². The molecule has 1 unspecified atom stereocenters. The van der Waals surface area contributed by atoms with E-state index >= 15 is 0 Å². The van der Waals surface area contributed by atoms with Crippen molar-refractivity contribution in [1.82, 2.24) is 0 Å². The molecule has 1 atom stereocenters. The molecular formula is C37H60O4. The van der Waals surface area contributed by atoms with Crippen LogP contribution in [0.4, 0.5) is 0 Å². The van der Waals surface area contributed by atoms with Gasteiger partial charge in [0.15, 0.2) is 0 Å². The van der Waals surface area contributed by atoms with Crippen molar-refractivity contribution < 1.29 is 20.1 Å². The Bertz CT molecular complexity index is 957. The molecule has 4 nitrogen and oxygen atoms in total. The van der Waals surface area contributed by atoms with Gasteiger partial charge in [0.25, 0.3) is 0 Å². The molecule has 0 aliphatic heterocycles. The number of aliphatic hydroxyl groups excluding tert-OH is 3. The lowest BCUT2D eigenvalue weighted by atomic mass is 9.78. The molecule has 0 saturated carbocycles. The molecule has 0 fully saturated rings. The predicted molar refractivity (Wildman–Crippen MR) is 173 cm³/mol. The van der Waals surface area contributed by atoms with Gasteiger partial charge in [-0.1, -0.05) is 109 Å². The Morgan fingerprint density at radius 3 is 1.49 bits per heavy atom. The highest BCUT2D eigenvalue weighted by Gasteiger charge is 2.42. The molecule has 0 heterocycles. The van der Waals surface area contributed by atoms with Gasteiger partial charge in [-0.2, -0.15) is 0 Å². The van der Waals surface area contributed by atoms with Gasteiger partial charge >= 0.3 is 0 Å². The molecule has 2 aromatic rings. The lowest BCUT2D eigenvalue weighted by molar-refractivity contribution is -0.0748. The number of aliphatic hydroxyl groups is 3. The Balaban J connectivity index is 2.57. The summed E-state index contributed by atoms with van der Waals surface area (Å²) in [7, 11) is 0. The maximum Gasteiger partial charge on any atom is 0.136 e. The van der Waals surface area contributed by atoms with E-state index in [0.717, 1.165) is 75.5 Å². The van der Waals surface area contributed by atoms with Crippen molar-refractivity contribution in [2.75, 3.05) is 19.8 Å². The van der Waals surface area contributed by atoms with Crippen molar-refractivity contribution in [2.45, 2.75) is 137 Å². The molecule has 2 aromatic carbocycles. The fraction of sp³-hybridized carbons (Fsp3) is 0.676. The van der Waals surface area contributed by atoms with Gasteiger partial charge in [-0.3, -0.25) is 0 Å². The Labute approximate surface area is 251 Å². The number of ether oxygens (including phenoxy) is 1. The summed E-state index contributed by atoms with van der Waals surface area (Å²) in [5.74, 6) is 0.802. The van der Waals surface area contributed by atoms with Crippen molar-refractivity contribution in [1.29, 1.82) is 0 Å². The van der Waals surface area contributed by atoms with Crippen LogP contribution in [0.3, 0.4) is 0 Å². The zero-order valence-corrected chi connectivity index (χ0v) is 26.7. The van der Waals surface area contributed by atoms with Gasteiger partial charge in [0, 0.05) is 0 Å². The third kappa shape index (κ3) is 11.0. The SMILES string of the molecule is CCCCCc1ccc(OC(c2ccc(CCCCC)cc2CCCCC)C(CO)(CO)CO)c(CCCCC)c1. The molecule has 0 radical (unpaired) electrons. The summed E-state index contributed by atoms with van der Waals surface area (Å²) in [6.45, 7) is 7.81. The highest BCUT2D eigenvalue weighted by Crippen LogP contribution is 2.41. The fourth-order valence-electron chi connectivity index (χ4n) is 5.72. The summed E-state index contributed by atoms with van der Waals surface area (Å²) in [6, 6.07) is 13.2. The standard InChI is InChI=1S/C37H60O4/c1-5-9-13-17-30-21-23-34(32(25-30)19-15-11-7-3)36(37(27-38,28-39)29-40)41-35-24-22-31(18-14-10-6-2)26-33(35)20-16-12-8-4/h21-26,36,38-40H,5-20,27-29H2,1-4H3. The second-order valence-corrected chi connectivity index (χ2v) is 12.1. The van der Waals surface area contributed by atoms with E-state index in [1.54, 1.807) is 0 Å². The van der Waals surface area contributed by atoms with Crippen molar-refractivity contribution in [2.24, 2.45) is 5.41 Å². The van der Waals surface area contributed by atoms with Crippen LogP contribution in [0.15, 0.2) is 36.4 Å². The lowest BCUT2D eigenvalue weighted by Gasteiger charge is -2.38. The van der Waals surface area contributed by atoms with E-state index in [-0.39, 0.29) is 19.8 Å². The van der Waals surface area contributed by atoms with Crippen molar-refractivity contribution >= 4 is 0 Å². The first-order chi connectivity index (χ1) is 20.0. The van der Waals surface area contributed by atoms with Crippen LogP contribution in [0.2, 0.25) is 0 Å². The zero-order valence-electron chi connectivity index (χ0n) is 26.7. The smallest absolute Gasteiger partial charge is 0.136 e. The maximum absolute atomic E-state index is 10.6. The number of benzene rings is 2. The van der Waals surface area contributed by atoms with Crippen LogP contribution in [0.1, 0.15) is 139 Å². The third-order valence-electron chi connectivity index (χ3n) is 8.60. The summed E-state index contributed by atoms with van der Waals surface area (Å²) in [5, 5.41) is 31.8. The van der Waals surface area contributed by atoms with E-state index in [9.17, 15) is 15.3 Å². The Hall–Kier alpha value is -1.88. The number of hydrogen-bond donors (Lipinski definition) is 3. The van der Waals surface area contributed by atoms with Gasteiger partial charge in [-0.25, -0.2) is 0 Å². The second-order valence-electron chi connectivity index (χ2n) is 12.1. The Kier molecular flexibility index (Phi) is 17.3. The molecule has 3 N–H and O–H groups in total. The van der Waals surface area contributed by atoms with Gasteiger partial charge < -0.3 is 20.1 Å². The van der Waals surface area contributed by atoms with Crippen LogP contribution in [-0.4, -0.2) is 35.1 Å². The van der Waals surface area contributed by atoms with E-state index in [2.05, 4.69) is 64.1 Å². The second kappa shape index (κ2) is 20.1. The zero-order chi connectivity index (χ0) is 29.9. The van der Waals surface area contributed by atoms with Gasteiger partial charge in [-0.05, 0) is 85.3 Å². The first kappa shape index (κ1) is 35.3. The molecule has 0 amide bonds. The Morgan fingerprint density at radius 1 is 0.561 bits per heavy atom. The van der Waals surface area contributed by atoms with E-state index < -0.39 is 11.5 Å². The highest BCUT2D eigenvalue weighted by atomic mass is 16.5. The van der Waals surface area contributed by atoms with E-state index in [4.69, 9.17) is 4.74 Å². The van der Waals surface area contributed by atoms with E-state index in [0.29, 0.717) is 0 Å². The van der Waals surface area contributed by atoms with Crippen LogP contribution in [0, 0.1) is 5.41 Å². The number of hydrogen-bond acceptors (Lipinski definition) is 4. The number of unbranched alkanes of at least 4 members (excludes halogenated alkanes) is 8. The minimum atomic E-state index is -1.20. The average Bonchev–Trinajstić information content (AvgIpc) is 2.99. The molecule has 0 aliphatic carbocycles. The maximum atomic E-state index is 10.6. The molecule has 0 bridgehead atoms. The third-order valence-corrected chi connectivity index (χ3v) is 8.60. The summed E-state index contributed by atoms with van der Waals surface area (Å²) in [4.78, 5) is 0. The highest BCUT2D eigenvalue weighted by molar-refractivity contribution is 5.41. The van der Waals surface area contributed by atoms with Crippen LogP contribution in [0.5, 0.6) is 5.75 Å². The van der Waals surface area contributed by atoms with Crippen LogP contribution in [-0.2, 0) is 25.7 Å². The molecule has 232 valence electrons. The quantitative estimate of drug-likeness (QED) is 0.117. The van der Waals surface area contributed by atoms with E-state index in [1.165, 1.54) is 60.8 Å². The topological polar surface area (TPSA) is 69.9 Å². The monoisotopic (exact) mass is 568 g/mol.